The van der Waals surface area contributed by atoms with Gasteiger partial charge < -0.3 is 44.1 Å². The number of hydrogen-bond acceptors (Lipinski definition) is 12. The standard InChI is InChI=1S/C18H24O12/c1-26-15(24)6-3-8(20)10-7(16(25)27-2)5-28-17(11(6)10)30-18-14(23)13(22)12(21)9(4-19)29-18/h5-6,9-14,17-19,21-23H,3-4H2,1-2H3/t6-,9+,10-,11+,12+,13-,14+,17-,18-/m0/s1. The summed E-state index contributed by atoms with van der Waals surface area (Å²) in [6, 6.07) is 0. The van der Waals surface area contributed by atoms with E-state index in [0.29, 0.717) is 0 Å². The highest BCUT2D eigenvalue weighted by Crippen LogP contribution is 2.46. The fraction of sp³-hybridized carbons (Fsp3) is 0.722. The van der Waals surface area contributed by atoms with Gasteiger partial charge in [0, 0.05) is 12.3 Å². The van der Waals surface area contributed by atoms with Gasteiger partial charge in [0.2, 0.25) is 6.29 Å². The Morgan fingerprint density at radius 1 is 1.10 bits per heavy atom. The lowest BCUT2D eigenvalue weighted by Gasteiger charge is -2.42. The van der Waals surface area contributed by atoms with Crippen LogP contribution in [-0.2, 0) is 38.1 Å². The average Bonchev–Trinajstić information content (AvgIpc) is 3.10. The Kier molecular flexibility index (Phi) is 6.75. The maximum absolute atomic E-state index is 12.6. The summed E-state index contributed by atoms with van der Waals surface area (Å²) >= 11 is 0. The van der Waals surface area contributed by atoms with E-state index in [0.717, 1.165) is 20.5 Å². The Hall–Kier alpha value is -2.09. The third-order valence-electron chi connectivity index (χ3n) is 5.64. The van der Waals surface area contributed by atoms with Crippen molar-refractivity contribution in [3.05, 3.63) is 11.8 Å². The van der Waals surface area contributed by atoms with Gasteiger partial charge in [-0.2, -0.15) is 0 Å². The lowest BCUT2D eigenvalue weighted by atomic mass is 9.82. The number of aliphatic hydroxyl groups excluding tert-OH is 4. The van der Waals surface area contributed by atoms with E-state index in [2.05, 4.69) is 4.74 Å². The minimum Gasteiger partial charge on any atom is -0.471 e. The fourth-order valence-electron chi connectivity index (χ4n) is 4.08. The highest BCUT2D eigenvalue weighted by atomic mass is 16.8. The number of rotatable bonds is 5. The minimum atomic E-state index is -1.72. The molecule has 0 unspecified atom stereocenters. The van der Waals surface area contributed by atoms with Gasteiger partial charge >= 0.3 is 11.9 Å². The average molecular weight is 432 g/mol. The summed E-state index contributed by atoms with van der Waals surface area (Å²) in [5.41, 5.74) is -0.0902. The maximum atomic E-state index is 12.6. The van der Waals surface area contributed by atoms with Crippen LogP contribution < -0.4 is 0 Å². The molecule has 0 amide bonds. The lowest BCUT2D eigenvalue weighted by molar-refractivity contribution is -0.342. The van der Waals surface area contributed by atoms with Crippen molar-refractivity contribution in [3.8, 4) is 0 Å². The molecule has 3 aliphatic rings. The number of ether oxygens (including phenoxy) is 5. The monoisotopic (exact) mass is 432 g/mol. The van der Waals surface area contributed by atoms with Crippen LogP contribution in [0.25, 0.3) is 0 Å². The van der Waals surface area contributed by atoms with Crippen molar-refractivity contribution in [1.82, 2.24) is 0 Å². The number of hydrogen-bond donors (Lipinski definition) is 4. The van der Waals surface area contributed by atoms with Gasteiger partial charge in [0.15, 0.2) is 6.29 Å². The summed E-state index contributed by atoms with van der Waals surface area (Å²) < 4.78 is 25.8. The van der Waals surface area contributed by atoms with Crippen LogP contribution >= 0.6 is 0 Å². The number of fused-ring (bicyclic) bond motifs is 1. The molecule has 0 aromatic carbocycles. The largest absolute Gasteiger partial charge is 0.471 e. The second-order valence-electron chi connectivity index (χ2n) is 7.26. The number of ketones is 1. The molecule has 0 aromatic rings. The number of Topliss-reactive ketones (excluding diaryl/α,β-unsaturated/α-hetero) is 1. The van der Waals surface area contributed by atoms with Gasteiger partial charge in [-0.25, -0.2) is 4.79 Å². The Balaban J connectivity index is 1.90. The molecule has 2 heterocycles. The topological polar surface area (TPSA) is 178 Å². The molecule has 9 atom stereocenters. The zero-order valence-electron chi connectivity index (χ0n) is 16.2. The van der Waals surface area contributed by atoms with Gasteiger partial charge in [-0.05, 0) is 0 Å². The highest BCUT2D eigenvalue weighted by molar-refractivity contribution is 6.01. The number of carbonyl (C=O) groups excluding carboxylic acids is 3. The quantitative estimate of drug-likeness (QED) is 0.329. The zero-order valence-corrected chi connectivity index (χ0v) is 16.2. The molecule has 30 heavy (non-hydrogen) atoms. The van der Waals surface area contributed by atoms with Gasteiger partial charge in [0.05, 0.1) is 44.5 Å². The summed E-state index contributed by atoms with van der Waals surface area (Å²) in [6.07, 6.45) is -8.38. The normalized spacial score (nSPS) is 40.8. The van der Waals surface area contributed by atoms with Gasteiger partial charge in [-0.15, -0.1) is 0 Å². The molecular formula is C18H24O12. The van der Waals surface area contributed by atoms with Crippen LogP contribution in [0.15, 0.2) is 11.8 Å². The highest BCUT2D eigenvalue weighted by Gasteiger charge is 2.57. The van der Waals surface area contributed by atoms with E-state index in [-0.39, 0.29) is 12.0 Å². The molecule has 0 bridgehead atoms. The van der Waals surface area contributed by atoms with Crippen LogP contribution in [0.1, 0.15) is 6.42 Å². The van der Waals surface area contributed by atoms with Crippen molar-refractivity contribution < 1.29 is 58.5 Å². The SMILES string of the molecule is COC(=O)C1=CO[C@@H](O[C@@H]2O[C@H](CO)[C@@H](O)[C@H](O)[C@H]2O)[C@H]2[C@@H]1C(=O)C[C@@H]2C(=O)OC. The summed E-state index contributed by atoms with van der Waals surface area (Å²) in [5.74, 6) is -5.03. The first-order valence-electron chi connectivity index (χ1n) is 9.25. The third-order valence-corrected chi connectivity index (χ3v) is 5.64. The lowest BCUT2D eigenvalue weighted by Crippen LogP contribution is -2.60. The molecule has 1 saturated heterocycles. The Bertz CT molecular complexity index is 718. The van der Waals surface area contributed by atoms with E-state index >= 15 is 0 Å². The van der Waals surface area contributed by atoms with E-state index in [1.165, 1.54) is 0 Å². The fourth-order valence-corrected chi connectivity index (χ4v) is 4.08. The molecule has 4 N–H and O–H groups in total. The Morgan fingerprint density at radius 3 is 2.40 bits per heavy atom. The van der Waals surface area contributed by atoms with Gasteiger partial charge in [0.25, 0.3) is 0 Å². The number of carbonyl (C=O) groups is 3. The molecular weight excluding hydrogens is 408 g/mol. The number of methoxy groups -OCH3 is 2. The van der Waals surface area contributed by atoms with Crippen molar-refractivity contribution in [2.45, 2.75) is 43.4 Å². The van der Waals surface area contributed by atoms with Crippen molar-refractivity contribution >= 4 is 17.7 Å². The molecule has 1 saturated carbocycles. The molecule has 2 fully saturated rings. The molecule has 2 aliphatic heterocycles. The van der Waals surface area contributed by atoms with Crippen LogP contribution in [0.3, 0.4) is 0 Å². The van der Waals surface area contributed by atoms with Crippen molar-refractivity contribution in [2.24, 2.45) is 17.8 Å². The summed E-state index contributed by atoms with van der Waals surface area (Å²) in [7, 11) is 2.28. The van der Waals surface area contributed by atoms with E-state index in [1.54, 1.807) is 0 Å². The zero-order chi connectivity index (χ0) is 22.2. The first-order chi connectivity index (χ1) is 14.2. The molecule has 0 aromatic heterocycles. The number of esters is 2. The summed E-state index contributed by atoms with van der Waals surface area (Å²) in [4.78, 5) is 36.9. The van der Waals surface area contributed by atoms with Crippen molar-refractivity contribution in [3.63, 3.8) is 0 Å². The van der Waals surface area contributed by atoms with Gasteiger partial charge in [0.1, 0.15) is 30.2 Å². The first kappa shape index (κ1) is 22.6. The first-order valence-corrected chi connectivity index (χ1v) is 9.25. The second kappa shape index (κ2) is 8.96. The minimum absolute atomic E-state index is 0.0902. The smallest absolute Gasteiger partial charge is 0.337 e. The maximum Gasteiger partial charge on any atom is 0.337 e. The predicted octanol–water partition coefficient (Wildman–Crippen LogP) is -2.79. The van der Waals surface area contributed by atoms with Gasteiger partial charge in [-0.3, -0.25) is 9.59 Å². The van der Waals surface area contributed by atoms with Crippen LogP contribution in [0.2, 0.25) is 0 Å². The van der Waals surface area contributed by atoms with Gasteiger partial charge in [-0.1, -0.05) is 0 Å². The molecule has 12 nitrogen and oxygen atoms in total. The molecule has 0 spiro atoms. The van der Waals surface area contributed by atoms with Crippen molar-refractivity contribution in [2.75, 3.05) is 20.8 Å². The van der Waals surface area contributed by atoms with E-state index in [4.69, 9.17) is 18.9 Å². The van der Waals surface area contributed by atoms with Crippen LogP contribution in [0.5, 0.6) is 0 Å². The molecule has 3 rings (SSSR count). The van der Waals surface area contributed by atoms with E-state index in [9.17, 15) is 34.8 Å². The van der Waals surface area contributed by atoms with Crippen LogP contribution in [0, 0.1) is 17.8 Å². The summed E-state index contributed by atoms with van der Waals surface area (Å²) in [6.45, 7) is -0.669. The van der Waals surface area contributed by atoms with E-state index < -0.39 is 79.1 Å². The molecule has 168 valence electrons. The Labute approximate surface area is 170 Å². The van der Waals surface area contributed by atoms with Crippen LogP contribution in [0.4, 0.5) is 0 Å². The molecule has 12 heteroatoms. The Morgan fingerprint density at radius 2 is 1.80 bits per heavy atom. The summed E-state index contributed by atoms with van der Waals surface area (Å²) in [5, 5.41) is 39.3. The van der Waals surface area contributed by atoms with Crippen molar-refractivity contribution in [1.29, 1.82) is 0 Å². The van der Waals surface area contributed by atoms with E-state index in [1.807, 2.05) is 0 Å². The van der Waals surface area contributed by atoms with Crippen LogP contribution in [-0.4, -0.2) is 96.0 Å². The number of aliphatic hydroxyl groups is 4. The predicted molar refractivity (Wildman–Crippen MR) is 91.9 cm³/mol. The molecule has 1 aliphatic carbocycles. The second-order valence-corrected chi connectivity index (χ2v) is 7.26. The molecule has 0 radical (unpaired) electrons. The third kappa shape index (κ3) is 3.82.